The van der Waals surface area contributed by atoms with Gasteiger partial charge in [-0.05, 0) is 24.7 Å². The number of aliphatic carboxylic acids is 1. The molecule has 0 radical (unpaired) electrons. The second-order valence-electron chi connectivity index (χ2n) is 4.14. The lowest BCUT2D eigenvalue weighted by molar-refractivity contribution is -0.138. The fourth-order valence-electron chi connectivity index (χ4n) is 2.16. The van der Waals surface area contributed by atoms with E-state index in [1.54, 1.807) is 0 Å². The maximum Gasteiger partial charge on any atom is 0.305 e. The molecule has 1 aliphatic heterocycles. The minimum absolute atomic E-state index is 0.0352. The van der Waals surface area contributed by atoms with Crippen LogP contribution in [0.15, 0.2) is 5.29 Å². The average Bonchev–Trinajstić information content (AvgIpc) is 2.69. The predicted octanol–water partition coefficient (Wildman–Crippen LogP) is 0.997. The largest absolute Gasteiger partial charge is 0.481 e. The van der Waals surface area contributed by atoms with Crippen LogP contribution in [0, 0.1) is 10.3 Å². The minimum Gasteiger partial charge on any atom is -0.481 e. The number of carboxylic acids is 1. The molecule has 0 aromatic rings. The van der Waals surface area contributed by atoms with Gasteiger partial charge < -0.3 is 5.11 Å². The monoisotopic (exact) mass is 184 g/mol. The molecule has 0 aromatic carbocycles. The predicted molar refractivity (Wildman–Crippen MR) is 44.8 cm³/mol. The van der Waals surface area contributed by atoms with Gasteiger partial charge in [-0.1, -0.05) is 0 Å². The summed E-state index contributed by atoms with van der Waals surface area (Å²) in [6.07, 6.45) is 3.10. The molecular formula is C8H12N2O3. The van der Waals surface area contributed by atoms with Crippen LogP contribution in [0.25, 0.3) is 0 Å². The van der Waals surface area contributed by atoms with E-state index in [0.717, 1.165) is 19.3 Å². The lowest BCUT2D eigenvalue weighted by atomic mass is 10.0. The molecule has 1 saturated carbocycles. The molecule has 0 aromatic heterocycles. The van der Waals surface area contributed by atoms with Gasteiger partial charge in [-0.25, -0.2) is 0 Å². The van der Waals surface area contributed by atoms with Gasteiger partial charge in [0.15, 0.2) is 0 Å². The van der Waals surface area contributed by atoms with Crippen LogP contribution in [0.3, 0.4) is 0 Å². The van der Waals surface area contributed by atoms with Crippen molar-refractivity contribution in [2.45, 2.75) is 31.7 Å². The lowest BCUT2D eigenvalue weighted by Gasteiger charge is -2.14. The number of carbonyl (C=O) groups is 1. The number of rotatable bonds is 3. The summed E-state index contributed by atoms with van der Waals surface area (Å²) in [6, 6.07) is -0.169. The first kappa shape index (κ1) is 8.47. The summed E-state index contributed by atoms with van der Waals surface area (Å²) in [5.41, 5.74) is 0.244. The molecule has 1 N–H and O–H groups in total. The molecule has 2 aliphatic rings. The summed E-state index contributed by atoms with van der Waals surface area (Å²) in [4.78, 5) is 20.9. The van der Waals surface area contributed by atoms with Crippen LogP contribution in [0.1, 0.15) is 25.7 Å². The summed E-state index contributed by atoms with van der Waals surface area (Å²) < 4.78 is 0. The molecule has 72 valence electrons. The van der Waals surface area contributed by atoms with Gasteiger partial charge in [0.25, 0.3) is 0 Å². The van der Waals surface area contributed by atoms with Crippen molar-refractivity contribution < 1.29 is 9.90 Å². The van der Waals surface area contributed by atoms with Gasteiger partial charge in [-0.3, -0.25) is 9.80 Å². The zero-order chi connectivity index (χ0) is 9.47. The van der Waals surface area contributed by atoms with Gasteiger partial charge >= 0.3 is 5.97 Å². The van der Waals surface area contributed by atoms with Crippen molar-refractivity contribution in [3.05, 3.63) is 4.91 Å². The van der Waals surface area contributed by atoms with Crippen LogP contribution >= 0.6 is 0 Å². The van der Waals surface area contributed by atoms with Crippen LogP contribution in [0.2, 0.25) is 0 Å². The van der Waals surface area contributed by atoms with Crippen LogP contribution in [-0.4, -0.2) is 28.7 Å². The fourth-order valence-corrected chi connectivity index (χ4v) is 2.16. The maximum absolute atomic E-state index is 10.5. The van der Waals surface area contributed by atoms with Crippen molar-refractivity contribution in [3.63, 3.8) is 0 Å². The quantitative estimate of drug-likeness (QED) is 0.664. The van der Waals surface area contributed by atoms with E-state index in [1.807, 2.05) is 0 Å². The third-order valence-electron chi connectivity index (χ3n) is 3.06. The number of hydrogen-bond acceptors (Lipinski definition) is 3. The van der Waals surface area contributed by atoms with Gasteiger partial charge in [0.05, 0.1) is 17.7 Å². The highest BCUT2D eigenvalue weighted by Gasteiger charge is 2.52. The highest BCUT2D eigenvalue weighted by atomic mass is 16.4. The zero-order valence-corrected chi connectivity index (χ0v) is 7.27. The van der Waals surface area contributed by atoms with Gasteiger partial charge in [0.1, 0.15) is 0 Å². The van der Waals surface area contributed by atoms with Crippen LogP contribution in [0.5, 0.6) is 0 Å². The van der Waals surface area contributed by atoms with E-state index in [2.05, 4.69) is 5.29 Å². The molecule has 1 heterocycles. The molecule has 5 heteroatoms. The third-order valence-corrected chi connectivity index (χ3v) is 3.06. The summed E-state index contributed by atoms with van der Waals surface area (Å²) in [6.45, 7) is 0.661. The van der Waals surface area contributed by atoms with Crippen molar-refractivity contribution in [3.8, 4) is 0 Å². The maximum atomic E-state index is 10.5. The molecule has 1 unspecified atom stereocenters. The van der Waals surface area contributed by atoms with E-state index < -0.39 is 5.97 Å². The second kappa shape index (κ2) is 2.68. The molecule has 0 amide bonds. The van der Waals surface area contributed by atoms with Crippen molar-refractivity contribution in [2.24, 2.45) is 10.7 Å². The van der Waals surface area contributed by atoms with Crippen molar-refractivity contribution in [2.75, 3.05) is 6.54 Å². The Labute approximate surface area is 75.7 Å². The van der Waals surface area contributed by atoms with E-state index in [9.17, 15) is 9.70 Å². The first-order chi connectivity index (χ1) is 6.15. The second-order valence-corrected chi connectivity index (χ2v) is 4.14. The fraction of sp³-hybridized carbons (Fsp3) is 0.875. The topological polar surface area (TPSA) is 70.0 Å². The highest BCUT2D eigenvalue weighted by molar-refractivity contribution is 5.67. The molecule has 13 heavy (non-hydrogen) atoms. The van der Waals surface area contributed by atoms with Gasteiger partial charge in [0.2, 0.25) is 0 Å². The van der Waals surface area contributed by atoms with E-state index in [0.29, 0.717) is 6.54 Å². The zero-order valence-electron chi connectivity index (χ0n) is 7.27. The summed E-state index contributed by atoms with van der Waals surface area (Å²) in [5, 5.41) is 12.9. The van der Waals surface area contributed by atoms with E-state index in [1.165, 1.54) is 5.01 Å². The molecule has 1 aliphatic carbocycles. The normalized spacial score (nSPS) is 29.2. The summed E-state index contributed by atoms with van der Waals surface area (Å²) in [5.74, 6) is -0.851. The van der Waals surface area contributed by atoms with E-state index in [-0.39, 0.29) is 17.9 Å². The number of nitroso groups, excluding NO2 is 1. The molecule has 2 rings (SSSR count). The Morgan fingerprint density at radius 2 is 2.31 bits per heavy atom. The van der Waals surface area contributed by atoms with Gasteiger partial charge in [-0.2, -0.15) is 0 Å². The Balaban J connectivity index is 2.01. The van der Waals surface area contributed by atoms with E-state index >= 15 is 0 Å². The first-order valence-corrected chi connectivity index (χ1v) is 4.47. The van der Waals surface area contributed by atoms with Crippen LogP contribution < -0.4 is 0 Å². The Kier molecular flexibility index (Phi) is 1.75. The highest BCUT2D eigenvalue weighted by Crippen LogP contribution is 2.55. The number of nitrogens with zero attached hydrogens (tertiary/aromatic N) is 2. The molecule has 0 bridgehead atoms. The molecule has 1 saturated heterocycles. The number of carboxylic acid groups (broad SMARTS) is 1. The summed E-state index contributed by atoms with van der Waals surface area (Å²) in [7, 11) is 0. The Morgan fingerprint density at radius 1 is 1.62 bits per heavy atom. The average molecular weight is 184 g/mol. The third kappa shape index (κ3) is 1.50. The lowest BCUT2D eigenvalue weighted by Crippen LogP contribution is -2.26. The van der Waals surface area contributed by atoms with Crippen molar-refractivity contribution >= 4 is 5.97 Å². The molecule has 1 spiro atoms. The molecular weight excluding hydrogens is 172 g/mol. The van der Waals surface area contributed by atoms with Gasteiger partial charge in [0, 0.05) is 6.54 Å². The molecule has 2 fully saturated rings. The Hall–Kier alpha value is -1.13. The Morgan fingerprint density at radius 3 is 2.77 bits per heavy atom. The van der Waals surface area contributed by atoms with Crippen LogP contribution in [-0.2, 0) is 4.79 Å². The molecule has 5 nitrogen and oxygen atoms in total. The SMILES string of the molecule is O=NN1CC2(CC2)CC1CC(=O)O. The Bertz CT molecular complexity index is 250. The minimum atomic E-state index is -0.851. The van der Waals surface area contributed by atoms with Crippen molar-refractivity contribution in [1.29, 1.82) is 0 Å². The first-order valence-electron chi connectivity index (χ1n) is 4.47. The number of hydrogen-bond donors (Lipinski definition) is 1. The van der Waals surface area contributed by atoms with Gasteiger partial charge in [-0.15, -0.1) is 4.91 Å². The van der Waals surface area contributed by atoms with Crippen LogP contribution in [0.4, 0.5) is 0 Å². The smallest absolute Gasteiger partial charge is 0.305 e. The standard InChI is InChI=1S/C8H12N2O3/c11-7(12)3-6-4-8(1-2-8)5-10(6)9-13/h6H,1-5H2,(H,11,12). The molecule has 1 atom stereocenters. The van der Waals surface area contributed by atoms with Crippen molar-refractivity contribution in [1.82, 2.24) is 5.01 Å². The van der Waals surface area contributed by atoms with E-state index in [4.69, 9.17) is 5.11 Å². The summed E-state index contributed by atoms with van der Waals surface area (Å²) >= 11 is 0.